The molecule has 68 valence electrons. The Hall–Kier alpha value is -0.830. The van der Waals surface area contributed by atoms with Crippen molar-refractivity contribution < 1.29 is 9.90 Å². The summed E-state index contributed by atoms with van der Waals surface area (Å²) >= 11 is 0. The molecule has 0 bridgehead atoms. The van der Waals surface area contributed by atoms with Gasteiger partial charge >= 0.3 is 0 Å². The minimum Gasteiger partial charge on any atom is -0.395 e. The molecular formula is C9H15NO2. The van der Waals surface area contributed by atoms with Gasteiger partial charge in [0, 0.05) is 6.54 Å². The maximum atomic E-state index is 11.3. The van der Waals surface area contributed by atoms with Gasteiger partial charge in [-0.05, 0) is 19.3 Å². The Balaban J connectivity index is 2.30. The number of allylic oxidation sites excluding steroid dienone is 1. The van der Waals surface area contributed by atoms with Crippen molar-refractivity contribution in [2.75, 3.05) is 13.2 Å². The smallest absolute Gasteiger partial charge is 0.226 e. The Kier molecular flexibility index (Phi) is 3.80. The third-order valence-electron chi connectivity index (χ3n) is 2.00. The van der Waals surface area contributed by atoms with E-state index in [-0.39, 0.29) is 18.4 Å². The third-order valence-corrected chi connectivity index (χ3v) is 2.00. The molecule has 3 heteroatoms. The van der Waals surface area contributed by atoms with Crippen molar-refractivity contribution in [3.63, 3.8) is 0 Å². The van der Waals surface area contributed by atoms with E-state index in [9.17, 15) is 4.79 Å². The van der Waals surface area contributed by atoms with Crippen LogP contribution in [0.15, 0.2) is 12.2 Å². The summed E-state index contributed by atoms with van der Waals surface area (Å²) in [6.07, 6.45) is 7.12. The highest BCUT2D eigenvalue weighted by molar-refractivity contribution is 5.80. The van der Waals surface area contributed by atoms with Crippen molar-refractivity contribution in [2.24, 2.45) is 5.92 Å². The zero-order valence-corrected chi connectivity index (χ0v) is 7.12. The molecule has 0 radical (unpaired) electrons. The molecule has 1 rings (SSSR count). The highest BCUT2D eigenvalue weighted by Crippen LogP contribution is 2.16. The molecule has 0 spiro atoms. The van der Waals surface area contributed by atoms with Gasteiger partial charge in [0.05, 0.1) is 12.5 Å². The van der Waals surface area contributed by atoms with Crippen LogP contribution in [0.1, 0.15) is 19.3 Å². The number of rotatable bonds is 3. The first-order chi connectivity index (χ1) is 5.84. The van der Waals surface area contributed by atoms with E-state index in [0.29, 0.717) is 6.54 Å². The van der Waals surface area contributed by atoms with Crippen LogP contribution in [0.25, 0.3) is 0 Å². The summed E-state index contributed by atoms with van der Waals surface area (Å²) in [6.45, 7) is 0.380. The van der Waals surface area contributed by atoms with Gasteiger partial charge in [-0.25, -0.2) is 0 Å². The lowest BCUT2D eigenvalue weighted by molar-refractivity contribution is -0.124. The van der Waals surface area contributed by atoms with E-state index in [2.05, 4.69) is 5.32 Å². The fourth-order valence-corrected chi connectivity index (χ4v) is 1.34. The van der Waals surface area contributed by atoms with Crippen LogP contribution in [-0.4, -0.2) is 24.2 Å². The van der Waals surface area contributed by atoms with Crippen LogP contribution in [0.3, 0.4) is 0 Å². The maximum absolute atomic E-state index is 11.3. The Labute approximate surface area is 72.5 Å². The quantitative estimate of drug-likeness (QED) is 0.603. The van der Waals surface area contributed by atoms with E-state index in [4.69, 9.17) is 5.11 Å². The summed E-state index contributed by atoms with van der Waals surface area (Å²) < 4.78 is 0. The van der Waals surface area contributed by atoms with Crippen molar-refractivity contribution in [2.45, 2.75) is 19.3 Å². The van der Waals surface area contributed by atoms with Gasteiger partial charge in [-0.1, -0.05) is 12.2 Å². The molecule has 12 heavy (non-hydrogen) atoms. The molecule has 0 heterocycles. The molecular weight excluding hydrogens is 154 g/mol. The summed E-state index contributed by atoms with van der Waals surface area (Å²) in [4.78, 5) is 11.3. The van der Waals surface area contributed by atoms with Gasteiger partial charge in [-0.3, -0.25) is 4.79 Å². The number of hydrogen-bond acceptors (Lipinski definition) is 2. The Morgan fingerprint density at radius 2 is 2.50 bits per heavy atom. The van der Waals surface area contributed by atoms with Gasteiger partial charge in [0.1, 0.15) is 0 Å². The van der Waals surface area contributed by atoms with Crippen LogP contribution >= 0.6 is 0 Å². The molecule has 1 unspecified atom stereocenters. The predicted octanol–water partition coefficient (Wildman–Crippen LogP) is 0.451. The van der Waals surface area contributed by atoms with E-state index in [0.717, 1.165) is 19.3 Å². The summed E-state index contributed by atoms with van der Waals surface area (Å²) in [7, 11) is 0. The molecule has 1 aliphatic carbocycles. The average Bonchev–Trinajstić information content (AvgIpc) is 2.15. The van der Waals surface area contributed by atoms with E-state index < -0.39 is 0 Å². The highest BCUT2D eigenvalue weighted by Gasteiger charge is 2.15. The first kappa shape index (κ1) is 9.26. The van der Waals surface area contributed by atoms with Crippen LogP contribution in [-0.2, 0) is 4.79 Å². The summed E-state index contributed by atoms with van der Waals surface area (Å²) in [5.41, 5.74) is 0. The Bertz CT molecular complexity index is 177. The summed E-state index contributed by atoms with van der Waals surface area (Å²) in [5.74, 6) is 0.0744. The van der Waals surface area contributed by atoms with Crippen molar-refractivity contribution in [3.05, 3.63) is 12.2 Å². The highest BCUT2D eigenvalue weighted by atomic mass is 16.3. The molecule has 0 saturated heterocycles. The van der Waals surface area contributed by atoms with Gasteiger partial charge in [-0.15, -0.1) is 0 Å². The lowest BCUT2D eigenvalue weighted by Crippen LogP contribution is -2.32. The van der Waals surface area contributed by atoms with Crippen molar-refractivity contribution in [1.82, 2.24) is 5.32 Å². The second-order valence-corrected chi connectivity index (χ2v) is 2.98. The summed E-state index contributed by atoms with van der Waals surface area (Å²) in [5, 5.41) is 11.1. The zero-order valence-electron chi connectivity index (χ0n) is 7.12. The molecule has 0 fully saturated rings. The first-order valence-electron chi connectivity index (χ1n) is 4.40. The minimum atomic E-state index is 0.0160. The number of aliphatic hydroxyl groups excluding tert-OH is 1. The third kappa shape index (κ3) is 2.66. The number of carbonyl (C=O) groups is 1. The number of aliphatic hydroxyl groups is 1. The topological polar surface area (TPSA) is 49.3 Å². The standard InChI is InChI=1S/C9H15NO2/c11-7-6-10-9(12)8-4-2-1-3-5-8/h2,4,8,11H,1,3,5-7H2,(H,10,12). The number of carbonyl (C=O) groups excluding carboxylic acids is 1. The van der Waals surface area contributed by atoms with Gasteiger partial charge in [0.15, 0.2) is 0 Å². The number of amides is 1. The van der Waals surface area contributed by atoms with Gasteiger partial charge < -0.3 is 10.4 Å². The molecule has 0 saturated carbocycles. The monoisotopic (exact) mass is 169 g/mol. The zero-order chi connectivity index (χ0) is 8.81. The van der Waals surface area contributed by atoms with Crippen LogP contribution < -0.4 is 5.32 Å². The number of hydrogen-bond donors (Lipinski definition) is 2. The van der Waals surface area contributed by atoms with E-state index in [1.807, 2.05) is 12.2 Å². The lowest BCUT2D eigenvalue weighted by Gasteiger charge is -2.15. The van der Waals surface area contributed by atoms with Crippen LogP contribution in [0, 0.1) is 5.92 Å². The molecule has 0 aromatic heterocycles. The van der Waals surface area contributed by atoms with Crippen LogP contribution in [0.5, 0.6) is 0 Å². The molecule has 0 aromatic carbocycles. The Morgan fingerprint density at radius 3 is 3.08 bits per heavy atom. The van der Waals surface area contributed by atoms with E-state index in [1.165, 1.54) is 0 Å². The van der Waals surface area contributed by atoms with Crippen molar-refractivity contribution >= 4 is 5.91 Å². The molecule has 1 aliphatic rings. The second-order valence-electron chi connectivity index (χ2n) is 2.98. The van der Waals surface area contributed by atoms with Crippen molar-refractivity contribution in [1.29, 1.82) is 0 Å². The van der Waals surface area contributed by atoms with Gasteiger partial charge in [-0.2, -0.15) is 0 Å². The predicted molar refractivity (Wildman–Crippen MR) is 46.6 cm³/mol. The van der Waals surface area contributed by atoms with Crippen LogP contribution in [0.4, 0.5) is 0 Å². The SMILES string of the molecule is O=C(NCCO)C1C=CCCC1. The Morgan fingerprint density at radius 1 is 1.67 bits per heavy atom. The molecule has 0 aliphatic heterocycles. The molecule has 2 N–H and O–H groups in total. The van der Waals surface area contributed by atoms with Crippen molar-refractivity contribution in [3.8, 4) is 0 Å². The molecule has 1 amide bonds. The molecule has 3 nitrogen and oxygen atoms in total. The lowest BCUT2D eigenvalue weighted by atomic mass is 9.95. The van der Waals surface area contributed by atoms with E-state index in [1.54, 1.807) is 0 Å². The normalized spacial score (nSPS) is 22.2. The van der Waals surface area contributed by atoms with Crippen LogP contribution in [0.2, 0.25) is 0 Å². The van der Waals surface area contributed by atoms with E-state index >= 15 is 0 Å². The minimum absolute atomic E-state index is 0.0160. The fourth-order valence-electron chi connectivity index (χ4n) is 1.34. The number of nitrogens with one attached hydrogen (secondary N) is 1. The maximum Gasteiger partial charge on any atom is 0.226 e. The average molecular weight is 169 g/mol. The first-order valence-corrected chi connectivity index (χ1v) is 4.40. The fraction of sp³-hybridized carbons (Fsp3) is 0.667. The molecule has 0 aromatic rings. The largest absolute Gasteiger partial charge is 0.395 e. The second kappa shape index (κ2) is 4.93. The summed E-state index contributed by atoms with van der Waals surface area (Å²) in [6, 6.07) is 0. The van der Waals surface area contributed by atoms with Gasteiger partial charge in [0.25, 0.3) is 0 Å². The van der Waals surface area contributed by atoms with Gasteiger partial charge in [0.2, 0.25) is 5.91 Å². The molecule has 1 atom stereocenters.